The Morgan fingerprint density at radius 3 is 1.46 bits per heavy atom. The van der Waals surface area contributed by atoms with Gasteiger partial charge < -0.3 is 8.98 Å². The number of benzene rings is 9. The van der Waals surface area contributed by atoms with Crippen LogP contribution in [0.4, 0.5) is 0 Å². The highest BCUT2D eigenvalue weighted by atomic mass is 28.3. The Balaban J connectivity index is 1.13. The van der Waals surface area contributed by atoms with Crippen LogP contribution >= 0.6 is 0 Å². The minimum absolute atomic E-state index is 0.674. The molecule has 3 aromatic heterocycles. The van der Waals surface area contributed by atoms with Crippen molar-refractivity contribution in [3.63, 3.8) is 0 Å². The van der Waals surface area contributed by atoms with Crippen molar-refractivity contribution in [2.75, 3.05) is 0 Å². The average Bonchev–Trinajstić information content (AvgIpc) is 3.89. The van der Waals surface area contributed by atoms with Gasteiger partial charge in [-0.1, -0.05) is 194 Å². The molecule has 0 radical (unpaired) electrons. The van der Waals surface area contributed by atoms with Crippen LogP contribution in [-0.2, 0) is 0 Å². The summed E-state index contributed by atoms with van der Waals surface area (Å²) in [4.78, 5) is 10.4. The molecule has 63 heavy (non-hydrogen) atoms. The maximum atomic E-state index is 6.59. The highest BCUT2D eigenvalue weighted by Gasteiger charge is 2.41. The molecule has 5 heteroatoms. The second-order valence-electron chi connectivity index (χ2n) is 16.1. The normalized spacial score (nSPS) is 11.8. The first-order valence-electron chi connectivity index (χ1n) is 21.4. The zero-order chi connectivity index (χ0) is 41.7. The molecule has 3 heterocycles. The number of fused-ring (bicyclic) bond motifs is 6. The molecule has 0 unspecified atom stereocenters. The molecule has 296 valence electrons. The summed E-state index contributed by atoms with van der Waals surface area (Å²) in [7, 11) is -2.82. The third-order valence-electron chi connectivity index (χ3n) is 12.5. The lowest BCUT2D eigenvalue weighted by Crippen LogP contribution is -2.74. The Hall–Kier alpha value is -8.12. The van der Waals surface area contributed by atoms with E-state index in [-0.39, 0.29) is 0 Å². The van der Waals surface area contributed by atoms with E-state index >= 15 is 0 Å². The van der Waals surface area contributed by atoms with Crippen molar-refractivity contribution in [2.24, 2.45) is 0 Å². The lowest BCUT2D eigenvalue weighted by atomic mass is 10.1. The summed E-state index contributed by atoms with van der Waals surface area (Å²) in [5, 5.41) is 9.82. The second-order valence-corrected chi connectivity index (χ2v) is 19.9. The van der Waals surface area contributed by atoms with Crippen molar-refractivity contribution >= 4 is 72.6 Å². The van der Waals surface area contributed by atoms with Gasteiger partial charge in [0, 0.05) is 43.9 Å². The summed E-state index contributed by atoms with van der Waals surface area (Å²) >= 11 is 0. The number of aromatic nitrogens is 3. The van der Waals surface area contributed by atoms with Crippen molar-refractivity contribution in [3.8, 4) is 39.6 Å². The van der Waals surface area contributed by atoms with Crippen LogP contribution in [0, 0.1) is 0 Å². The fourth-order valence-corrected chi connectivity index (χ4v) is 14.5. The molecule has 0 aliphatic rings. The number of rotatable bonds is 8. The maximum Gasteiger partial charge on any atom is 0.179 e. The Labute approximate surface area is 366 Å². The number of furan rings is 1. The maximum absolute atomic E-state index is 6.59. The van der Waals surface area contributed by atoms with Crippen LogP contribution in [0.3, 0.4) is 0 Å². The Bertz CT molecular complexity index is 3450. The number of para-hydroxylation sites is 1. The van der Waals surface area contributed by atoms with Crippen molar-refractivity contribution < 1.29 is 4.42 Å². The van der Waals surface area contributed by atoms with E-state index in [4.69, 9.17) is 14.4 Å². The van der Waals surface area contributed by atoms with Gasteiger partial charge >= 0.3 is 0 Å². The molecule has 4 nitrogen and oxygen atoms in total. The quantitative estimate of drug-likeness (QED) is 0.113. The first kappa shape index (κ1) is 36.7. The van der Waals surface area contributed by atoms with Gasteiger partial charge in [0.15, 0.2) is 13.9 Å². The second kappa shape index (κ2) is 15.1. The summed E-state index contributed by atoms with van der Waals surface area (Å²) in [5.41, 5.74) is 9.80. The average molecular weight is 822 g/mol. The highest BCUT2D eigenvalue weighted by Crippen LogP contribution is 2.39. The lowest BCUT2D eigenvalue weighted by molar-refractivity contribution is 0.669. The van der Waals surface area contributed by atoms with Crippen LogP contribution in [-0.4, -0.2) is 22.6 Å². The lowest BCUT2D eigenvalue weighted by Gasteiger charge is -2.34. The third-order valence-corrected chi connectivity index (χ3v) is 17.3. The minimum atomic E-state index is -2.82. The highest BCUT2D eigenvalue weighted by molar-refractivity contribution is 7.20. The largest absolute Gasteiger partial charge is 0.456 e. The van der Waals surface area contributed by atoms with Crippen molar-refractivity contribution in [2.45, 2.75) is 0 Å². The predicted octanol–water partition coefficient (Wildman–Crippen LogP) is 11.9. The van der Waals surface area contributed by atoms with E-state index in [1.807, 2.05) is 18.2 Å². The number of nitrogens with zero attached hydrogens (tertiary/aromatic N) is 3. The molecule has 0 saturated carbocycles. The first-order chi connectivity index (χ1) is 31.2. The van der Waals surface area contributed by atoms with Gasteiger partial charge in [-0.25, -0.2) is 9.97 Å². The van der Waals surface area contributed by atoms with E-state index in [0.717, 1.165) is 72.1 Å². The minimum Gasteiger partial charge on any atom is -0.456 e. The van der Waals surface area contributed by atoms with E-state index in [2.05, 4.69) is 223 Å². The SMILES string of the molecule is c1ccc(-c2cc(-c3ccccc3)nc(-c3cccc(-n4c5ccc([Si](c6ccccc6)(c6ccccc6)c6ccccc6)cc5c5cc6oc7ccccc7c6cc54)c3)n2)cc1. The molecule has 0 aliphatic carbocycles. The van der Waals surface area contributed by atoms with Crippen LogP contribution in [0.15, 0.2) is 241 Å². The topological polar surface area (TPSA) is 43.9 Å². The van der Waals surface area contributed by atoms with Crippen LogP contribution in [0.5, 0.6) is 0 Å². The molecule has 0 saturated heterocycles. The van der Waals surface area contributed by atoms with Crippen LogP contribution in [0.25, 0.3) is 83.3 Å². The van der Waals surface area contributed by atoms with Crippen molar-refractivity contribution in [3.05, 3.63) is 237 Å². The molecule has 0 spiro atoms. The third kappa shape index (κ3) is 6.12. The van der Waals surface area contributed by atoms with Gasteiger partial charge in [-0.15, -0.1) is 0 Å². The summed E-state index contributed by atoms with van der Waals surface area (Å²) in [6.45, 7) is 0. The van der Waals surface area contributed by atoms with E-state index in [9.17, 15) is 0 Å². The summed E-state index contributed by atoms with van der Waals surface area (Å²) < 4.78 is 9.00. The standard InChI is InChI=1S/C58H39N3OSi/c1-6-19-40(20-7-1)52-39-53(41-21-8-2-9-22-41)60-58(59-52)42-23-18-24-43(35-42)61-54-34-33-47(36-49(54)50-38-57-51(37-55(50)61)48-31-16-17-32-56(48)62-57)63(44-25-10-3-11-26-44,45-27-12-4-13-28-45)46-29-14-5-15-30-46/h1-39H. The smallest absolute Gasteiger partial charge is 0.179 e. The van der Waals surface area contributed by atoms with Gasteiger partial charge in [-0.05, 0) is 63.2 Å². The van der Waals surface area contributed by atoms with Gasteiger partial charge in [-0.2, -0.15) is 0 Å². The molecule has 9 aromatic carbocycles. The summed E-state index contributed by atoms with van der Waals surface area (Å²) in [6, 6.07) is 85.0. The van der Waals surface area contributed by atoms with Crippen LogP contribution in [0.1, 0.15) is 0 Å². The van der Waals surface area contributed by atoms with Gasteiger partial charge in [0.1, 0.15) is 11.2 Å². The van der Waals surface area contributed by atoms with E-state index in [1.54, 1.807) is 0 Å². The Morgan fingerprint density at radius 2 is 0.857 bits per heavy atom. The molecule has 0 N–H and O–H groups in total. The molecule has 0 bridgehead atoms. The first-order valence-corrected chi connectivity index (χ1v) is 23.4. The predicted molar refractivity (Wildman–Crippen MR) is 264 cm³/mol. The van der Waals surface area contributed by atoms with Gasteiger partial charge in [0.25, 0.3) is 0 Å². The molecule has 0 aliphatic heterocycles. The fraction of sp³-hybridized carbons (Fsp3) is 0. The van der Waals surface area contributed by atoms with Gasteiger partial charge in [-0.3, -0.25) is 0 Å². The van der Waals surface area contributed by atoms with Gasteiger partial charge in [0.2, 0.25) is 0 Å². The molecule has 0 amide bonds. The molecule has 0 fully saturated rings. The van der Waals surface area contributed by atoms with Crippen molar-refractivity contribution in [1.82, 2.24) is 14.5 Å². The number of hydrogen-bond donors (Lipinski definition) is 0. The van der Waals surface area contributed by atoms with Crippen LogP contribution < -0.4 is 20.7 Å². The molecule has 12 rings (SSSR count). The number of hydrogen-bond acceptors (Lipinski definition) is 3. The van der Waals surface area contributed by atoms with Gasteiger partial charge in [0.05, 0.1) is 22.4 Å². The Morgan fingerprint density at radius 1 is 0.333 bits per heavy atom. The zero-order valence-electron chi connectivity index (χ0n) is 34.3. The van der Waals surface area contributed by atoms with E-state index < -0.39 is 8.07 Å². The monoisotopic (exact) mass is 821 g/mol. The van der Waals surface area contributed by atoms with Crippen molar-refractivity contribution in [1.29, 1.82) is 0 Å². The van der Waals surface area contributed by atoms with Crippen LogP contribution in [0.2, 0.25) is 0 Å². The summed E-state index contributed by atoms with van der Waals surface area (Å²) in [6.07, 6.45) is 0. The van der Waals surface area contributed by atoms with E-state index in [0.29, 0.717) is 5.82 Å². The summed E-state index contributed by atoms with van der Waals surface area (Å²) in [5.74, 6) is 0.674. The Kier molecular flexibility index (Phi) is 8.80. The molecular weight excluding hydrogens is 783 g/mol. The molecular formula is C58H39N3OSi. The zero-order valence-corrected chi connectivity index (χ0v) is 35.3. The molecule has 12 aromatic rings. The fourth-order valence-electron chi connectivity index (χ4n) is 9.69. The van der Waals surface area contributed by atoms with E-state index in [1.165, 1.54) is 26.1 Å². The molecule has 0 atom stereocenters.